The minimum Gasteiger partial charge on any atom is -0.497 e. The summed E-state index contributed by atoms with van der Waals surface area (Å²) in [5.74, 6) is 0.511. The second-order valence-corrected chi connectivity index (χ2v) is 8.16. The maximum Gasteiger partial charge on any atom is 0.244 e. The number of carbonyl (C=O) groups is 1. The smallest absolute Gasteiger partial charge is 0.244 e. The zero-order valence-corrected chi connectivity index (χ0v) is 18.2. The third-order valence-electron chi connectivity index (χ3n) is 5.23. The SMILES string of the molecule is COc1cccc(CC(=O)N/N=C/c2cc3c(cc2Cl)N(C)C(C)(C)C=C3C)c1. The Balaban J connectivity index is 1.73. The van der Waals surface area contributed by atoms with Gasteiger partial charge in [0.05, 0.1) is 30.3 Å². The highest BCUT2D eigenvalue weighted by Crippen LogP contribution is 2.40. The number of rotatable bonds is 5. The molecule has 1 N–H and O–H groups in total. The van der Waals surface area contributed by atoms with Gasteiger partial charge in [0, 0.05) is 23.9 Å². The zero-order chi connectivity index (χ0) is 21.2. The molecular formula is C23H26ClN3O2. The Kier molecular flexibility index (Phi) is 5.99. The van der Waals surface area contributed by atoms with E-state index in [-0.39, 0.29) is 17.9 Å². The van der Waals surface area contributed by atoms with Crippen LogP contribution >= 0.6 is 11.6 Å². The lowest BCUT2D eigenvalue weighted by atomic mass is 9.88. The molecule has 0 unspecified atom stereocenters. The Labute approximate surface area is 177 Å². The molecule has 2 aromatic rings. The number of methoxy groups -OCH3 is 1. The molecule has 0 aliphatic carbocycles. The number of nitrogens with zero attached hydrogens (tertiary/aromatic N) is 2. The average Bonchev–Trinajstić information content (AvgIpc) is 2.67. The fraction of sp³-hybridized carbons (Fsp3) is 0.304. The van der Waals surface area contributed by atoms with Crippen molar-refractivity contribution in [3.05, 3.63) is 64.2 Å². The summed E-state index contributed by atoms with van der Waals surface area (Å²) in [6.45, 7) is 6.43. The Hall–Kier alpha value is -2.79. The zero-order valence-electron chi connectivity index (χ0n) is 17.4. The number of ether oxygens (including phenoxy) is 1. The molecule has 0 fully saturated rings. The Morgan fingerprint density at radius 2 is 2.07 bits per heavy atom. The highest BCUT2D eigenvalue weighted by molar-refractivity contribution is 6.33. The summed E-state index contributed by atoms with van der Waals surface area (Å²) in [6, 6.07) is 11.4. The van der Waals surface area contributed by atoms with Gasteiger partial charge < -0.3 is 9.64 Å². The van der Waals surface area contributed by atoms with Crippen LogP contribution in [0.1, 0.15) is 37.5 Å². The van der Waals surface area contributed by atoms with Gasteiger partial charge in [-0.1, -0.05) is 29.8 Å². The third-order valence-corrected chi connectivity index (χ3v) is 5.55. The van der Waals surface area contributed by atoms with E-state index in [0.717, 1.165) is 28.1 Å². The molecule has 1 aliphatic heterocycles. The standard InChI is InChI=1S/C23H26ClN3O2/c1-15-13-23(2,3)27(4)21-12-20(24)17(11-19(15)21)14-25-26-22(28)10-16-7-6-8-18(9-16)29-5/h6-9,11-14H,10H2,1-5H3,(H,26,28)/b25-14+. The molecule has 0 saturated heterocycles. The predicted octanol–water partition coefficient (Wildman–Crippen LogP) is 4.67. The van der Waals surface area contributed by atoms with E-state index >= 15 is 0 Å². The van der Waals surface area contributed by atoms with Crippen LogP contribution in [0.3, 0.4) is 0 Å². The summed E-state index contributed by atoms with van der Waals surface area (Å²) in [4.78, 5) is 14.4. The first kappa shape index (κ1) is 20.9. The van der Waals surface area contributed by atoms with Crippen LogP contribution in [0, 0.1) is 0 Å². The summed E-state index contributed by atoms with van der Waals surface area (Å²) in [5.41, 5.74) is 7.48. The van der Waals surface area contributed by atoms with E-state index < -0.39 is 0 Å². The highest BCUT2D eigenvalue weighted by Gasteiger charge is 2.29. The summed E-state index contributed by atoms with van der Waals surface area (Å²) in [5, 5.41) is 4.68. The van der Waals surface area contributed by atoms with Gasteiger partial charge in [-0.15, -0.1) is 0 Å². The van der Waals surface area contributed by atoms with Crippen LogP contribution < -0.4 is 15.1 Å². The molecule has 1 aliphatic rings. The van der Waals surface area contributed by atoms with Gasteiger partial charge in [-0.25, -0.2) is 5.43 Å². The van der Waals surface area contributed by atoms with Crippen molar-refractivity contribution < 1.29 is 9.53 Å². The fourth-order valence-corrected chi connectivity index (χ4v) is 3.67. The van der Waals surface area contributed by atoms with Crippen molar-refractivity contribution in [1.29, 1.82) is 0 Å². The van der Waals surface area contributed by atoms with E-state index in [9.17, 15) is 4.79 Å². The van der Waals surface area contributed by atoms with Crippen molar-refractivity contribution in [3.63, 3.8) is 0 Å². The molecule has 1 amide bonds. The summed E-state index contributed by atoms with van der Waals surface area (Å²) >= 11 is 6.48. The van der Waals surface area contributed by atoms with E-state index in [1.807, 2.05) is 36.4 Å². The Morgan fingerprint density at radius 1 is 1.31 bits per heavy atom. The monoisotopic (exact) mass is 411 g/mol. The molecule has 1 heterocycles. The number of hydrogen-bond acceptors (Lipinski definition) is 4. The minimum absolute atomic E-state index is 0.0793. The molecule has 3 rings (SSSR count). The molecule has 5 nitrogen and oxygen atoms in total. The third kappa shape index (κ3) is 4.62. The van der Waals surface area contributed by atoms with Gasteiger partial charge in [0.2, 0.25) is 5.91 Å². The molecule has 29 heavy (non-hydrogen) atoms. The topological polar surface area (TPSA) is 53.9 Å². The van der Waals surface area contributed by atoms with Crippen LogP contribution in [-0.2, 0) is 11.2 Å². The number of hydrazone groups is 1. The van der Waals surface area contributed by atoms with Crippen molar-refractivity contribution in [2.45, 2.75) is 32.7 Å². The van der Waals surface area contributed by atoms with Crippen molar-refractivity contribution in [3.8, 4) is 5.75 Å². The number of carbonyl (C=O) groups excluding carboxylic acids is 1. The van der Waals surface area contributed by atoms with Gasteiger partial charge in [0.15, 0.2) is 0 Å². The summed E-state index contributed by atoms with van der Waals surface area (Å²) in [6.07, 6.45) is 4.04. The van der Waals surface area contributed by atoms with E-state index in [4.69, 9.17) is 16.3 Å². The largest absolute Gasteiger partial charge is 0.497 e. The van der Waals surface area contributed by atoms with Gasteiger partial charge in [0.25, 0.3) is 0 Å². The number of allylic oxidation sites excluding steroid dienone is 1. The number of nitrogens with one attached hydrogen (secondary N) is 1. The maximum absolute atomic E-state index is 12.2. The first-order valence-electron chi connectivity index (χ1n) is 9.43. The van der Waals surface area contributed by atoms with Gasteiger partial charge in [0.1, 0.15) is 5.75 Å². The lowest BCUT2D eigenvalue weighted by Crippen LogP contribution is -2.42. The van der Waals surface area contributed by atoms with Crippen LogP contribution in [0.5, 0.6) is 5.75 Å². The molecule has 152 valence electrons. The molecule has 0 spiro atoms. The second kappa shape index (κ2) is 8.29. The lowest BCUT2D eigenvalue weighted by Gasteiger charge is -2.40. The molecule has 2 aromatic carbocycles. The normalized spacial score (nSPS) is 15.1. The number of likely N-dealkylation sites (N-methyl/N-ethyl adjacent to an activating group) is 1. The van der Waals surface area contributed by atoms with Crippen molar-refractivity contribution >= 4 is 35.0 Å². The predicted molar refractivity (Wildman–Crippen MR) is 120 cm³/mol. The minimum atomic E-state index is -0.207. The lowest BCUT2D eigenvalue weighted by molar-refractivity contribution is -0.120. The Morgan fingerprint density at radius 3 is 2.79 bits per heavy atom. The van der Waals surface area contributed by atoms with E-state index in [2.05, 4.69) is 49.3 Å². The maximum atomic E-state index is 12.2. The van der Waals surface area contributed by atoms with Crippen LogP contribution in [0.25, 0.3) is 5.57 Å². The second-order valence-electron chi connectivity index (χ2n) is 7.75. The first-order chi connectivity index (χ1) is 13.7. The summed E-state index contributed by atoms with van der Waals surface area (Å²) in [7, 11) is 3.66. The number of hydrogen-bond donors (Lipinski definition) is 1. The molecule has 0 atom stereocenters. The van der Waals surface area contributed by atoms with Gasteiger partial charge in [-0.05, 0) is 56.2 Å². The number of amides is 1. The molecule has 6 heteroatoms. The molecule has 0 aromatic heterocycles. The van der Waals surface area contributed by atoms with Crippen molar-refractivity contribution in [2.24, 2.45) is 5.10 Å². The van der Waals surface area contributed by atoms with Crippen molar-refractivity contribution in [1.82, 2.24) is 5.43 Å². The van der Waals surface area contributed by atoms with Crippen molar-refractivity contribution in [2.75, 3.05) is 19.1 Å². The number of halogens is 1. The number of anilines is 1. The molecule has 0 radical (unpaired) electrons. The molecule has 0 saturated carbocycles. The quantitative estimate of drug-likeness (QED) is 0.574. The van der Waals surface area contributed by atoms with Gasteiger partial charge in [-0.2, -0.15) is 5.10 Å². The van der Waals surface area contributed by atoms with Crippen LogP contribution in [0.15, 0.2) is 47.6 Å². The van der Waals surface area contributed by atoms with Gasteiger partial charge >= 0.3 is 0 Å². The highest BCUT2D eigenvalue weighted by atomic mass is 35.5. The number of benzene rings is 2. The van der Waals surface area contributed by atoms with Gasteiger partial charge in [-0.3, -0.25) is 4.79 Å². The average molecular weight is 412 g/mol. The molecular weight excluding hydrogens is 386 g/mol. The van der Waals surface area contributed by atoms with E-state index in [1.54, 1.807) is 13.3 Å². The fourth-order valence-electron chi connectivity index (χ4n) is 3.47. The Bertz CT molecular complexity index is 996. The van der Waals surface area contributed by atoms with Crippen LogP contribution in [0.4, 0.5) is 5.69 Å². The molecule has 0 bridgehead atoms. The van der Waals surface area contributed by atoms with Crippen LogP contribution in [-0.4, -0.2) is 31.8 Å². The summed E-state index contributed by atoms with van der Waals surface area (Å²) < 4.78 is 5.18. The van der Waals surface area contributed by atoms with Crippen LogP contribution in [0.2, 0.25) is 5.02 Å². The first-order valence-corrected chi connectivity index (χ1v) is 9.81. The van der Waals surface area contributed by atoms with E-state index in [1.165, 1.54) is 5.57 Å². The number of fused-ring (bicyclic) bond motifs is 1. The van der Waals surface area contributed by atoms with E-state index in [0.29, 0.717) is 5.02 Å².